The standard InChI is InChI=1S/C12H25NO2S/c1-10(2,3)12(11(4,5)6)8-7-9-16(14,15)13-12/h13H,7-9H2,1-6H3. The van der Waals surface area contributed by atoms with Crippen LogP contribution in [0.4, 0.5) is 0 Å². The summed E-state index contributed by atoms with van der Waals surface area (Å²) in [6, 6.07) is 0. The molecule has 1 rings (SSSR count). The first-order valence-corrected chi connectivity index (χ1v) is 7.58. The highest BCUT2D eigenvalue weighted by Crippen LogP contribution is 2.48. The molecule has 0 aromatic carbocycles. The van der Waals surface area contributed by atoms with Crippen LogP contribution in [0.1, 0.15) is 54.4 Å². The van der Waals surface area contributed by atoms with Crippen molar-refractivity contribution in [1.82, 2.24) is 4.72 Å². The van der Waals surface area contributed by atoms with Gasteiger partial charge < -0.3 is 0 Å². The zero-order valence-corrected chi connectivity index (χ0v) is 12.2. The van der Waals surface area contributed by atoms with Crippen LogP contribution in [0.25, 0.3) is 0 Å². The van der Waals surface area contributed by atoms with Crippen LogP contribution in [0.15, 0.2) is 0 Å². The third kappa shape index (κ3) is 2.28. The molecule has 1 aliphatic rings. The van der Waals surface area contributed by atoms with E-state index in [1.54, 1.807) is 0 Å². The Bertz CT molecular complexity index is 343. The van der Waals surface area contributed by atoms with Crippen molar-refractivity contribution in [2.45, 2.75) is 59.9 Å². The molecule has 0 spiro atoms. The SMILES string of the molecule is CC(C)(C)C1(C(C)(C)C)CCCS(=O)(=O)N1. The summed E-state index contributed by atoms with van der Waals surface area (Å²) in [7, 11) is -3.11. The van der Waals surface area contributed by atoms with Gasteiger partial charge in [-0.3, -0.25) is 0 Å². The van der Waals surface area contributed by atoms with Crippen LogP contribution in [0.3, 0.4) is 0 Å². The lowest BCUT2D eigenvalue weighted by Crippen LogP contribution is -2.66. The second kappa shape index (κ2) is 3.70. The summed E-state index contributed by atoms with van der Waals surface area (Å²) in [6.45, 7) is 12.7. The molecular weight excluding hydrogens is 222 g/mol. The molecule has 16 heavy (non-hydrogen) atoms. The van der Waals surface area contributed by atoms with Crippen molar-refractivity contribution < 1.29 is 8.42 Å². The third-order valence-corrected chi connectivity index (χ3v) is 5.34. The quantitative estimate of drug-likeness (QED) is 0.715. The predicted octanol–water partition coefficient (Wildman–Crippen LogP) is 2.53. The highest BCUT2D eigenvalue weighted by Gasteiger charge is 2.53. The van der Waals surface area contributed by atoms with E-state index >= 15 is 0 Å². The number of sulfonamides is 1. The Balaban J connectivity index is 3.27. The van der Waals surface area contributed by atoms with E-state index in [1.807, 2.05) is 0 Å². The molecule has 0 unspecified atom stereocenters. The molecule has 0 bridgehead atoms. The molecule has 1 saturated heterocycles. The first-order chi connectivity index (χ1) is 6.91. The van der Waals surface area contributed by atoms with Crippen molar-refractivity contribution in [3.8, 4) is 0 Å². The zero-order valence-electron chi connectivity index (χ0n) is 11.3. The highest BCUT2D eigenvalue weighted by atomic mass is 32.2. The summed E-state index contributed by atoms with van der Waals surface area (Å²) in [5, 5.41) is 0. The largest absolute Gasteiger partial charge is 0.212 e. The van der Waals surface area contributed by atoms with Gasteiger partial charge >= 0.3 is 0 Å². The lowest BCUT2D eigenvalue weighted by atomic mass is 9.59. The van der Waals surface area contributed by atoms with E-state index in [2.05, 4.69) is 46.3 Å². The van der Waals surface area contributed by atoms with E-state index in [-0.39, 0.29) is 22.1 Å². The molecule has 0 atom stereocenters. The third-order valence-electron chi connectivity index (χ3n) is 3.86. The summed E-state index contributed by atoms with van der Waals surface area (Å²) < 4.78 is 26.7. The summed E-state index contributed by atoms with van der Waals surface area (Å²) in [4.78, 5) is 0. The monoisotopic (exact) mass is 247 g/mol. The molecule has 0 aliphatic carbocycles. The average Bonchev–Trinajstić information content (AvgIpc) is 1.97. The van der Waals surface area contributed by atoms with Gasteiger partial charge in [-0.1, -0.05) is 41.5 Å². The molecular formula is C12H25NO2S. The second-order valence-electron chi connectivity index (χ2n) is 6.93. The zero-order chi connectivity index (χ0) is 12.8. The molecule has 1 N–H and O–H groups in total. The normalized spacial score (nSPS) is 25.4. The van der Waals surface area contributed by atoms with Crippen LogP contribution in [0, 0.1) is 10.8 Å². The first-order valence-electron chi connectivity index (χ1n) is 5.93. The Morgan fingerprint density at radius 2 is 1.44 bits per heavy atom. The molecule has 1 aliphatic heterocycles. The molecule has 0 saturated carbocycles. The maximum absolute atomic E-state index is 11.8. The fourth-order valence-corrected chi connectivity index (χ4v) is 4.95. The number of hydrogen-bond acceptors (Lipinski definition) is 2. The van der Waals surface area contributed by atoms with Gasteiger partial charge in [-0.05, 0) is 23.7 Å². The van der Waals surface area contributed by atoms with E-state index in [4.69, 9.17) is 0 Å². The van der Waals surface area contributed by atoms with Crippen LogP contribution in [-0.2, 0) is 10.0 Å². The van der Waals surface area contributed by atoms with Gasteiger partial charge in [0.1, 0.15) is 0 Å². The fraction of sp³-hybridized carbons (Fsp3) is 1.00. The van der Waals surface area contributed by atoms with Crippen molar-refractivity contribution >= 4 is 10.0 Å². The Labute approximate surface area is 100 Å². The van der Waals surface area contributed by atoms with E-state index < -0.39 is 10.0 Å². The van der Waals surface area contributed by atoms with Crippen LogP contribution in [0.5, 0.6) is 0 Å². The van der Waals surface area contributed by atoms with Crippen molar-refractivity contribution in [3.63, 3.8) is 0 Å². The smallest absolute Gasteiger partial charge is 0.212 e. The molecule has 3 nitrogen and oxygen atoms in total. The van der Waals surface area contributed by atoms with Crippen LogP contribution in [-0.4, -0.2) is 19.7 Å². The van der Waals surface area contributed by atoms with Crippen LogP contribution < -0.4 is 4.72 Å². The minimum Gasteiger partial charge on any atom is -0.212 e. The van der Waals surface area contributed by atoms with Crippen molar-refractivity contribution in [1.29, 1.82) is 0 Å². The number of nitrogens with one attached hydrogen (secondary N) is 1. The Morgan fingerprint density at radius 3 is 1.69 bits per heavy atom. The fourth-order valence-electron chi connectivity index (χ4n) is 3.08. The van der Waals surface area contributed by atoms with Gasteiger partial charge in [-0.2, -0.15) is 0 Å². The lowest BCUT2D eigenvalue weighted by molar-refractivity contribution is 0.0296. The maximum Gasteiger partial charge on any atom is 0.212 e. The summed E-state index contributed by atoms with van der Waals surface area (Å²) in [5.74, 6) is 0.265. The topological polar surface area (TPSA) is 46.2 Å². The first kappa shape index (κ1) is 14.0. The molecule has 96 valence electrons. The van der Waals surface area contributed by atoms with E-state index in [9.17, 15) is 8.42 Å². The summed E-state index contributed by atoms with van der Waals surface area (Å²) in [6.07, 6.45) is 1.67. The van der Waals surface area contributed by atoms with Crippen molar-refractivity contribution in [3.05, 3.63) is 0 Å². The number of hydrogen-bond donors (Lipinski definition) is 1. The molecule has 0 amide bonds. The van der Waals surface area contributed by atoms with Crippen molar-refractivity contribution in [2.24, 2.45) is 10.8 Å². The van der Waals surface area contributed by atoms with E-state index in [0.717, 1.165) is 12.8 Å². The van der Waals surface area contributed by atoms with E-state index in [1.165, 1.54) is 0 Å². The molecule has 1 heterocycles. The van der Waals surface area contributed by atoms with Gasteiger partial charge in [0.25, 0.3) is 0 Å². The van der Waals surface area contributed by atoms with Crippen LogP contribution >= 0.6 is 0 Å². The predicted molar refractivity (Wildman–Crippen MR) is 67.8 cm³/mol. The molecule has 1 fully saturated rings. The van der Waals surface area contributed by atoms with E-state index in [0.29, 0.717) is 0 Å². The van der Waals surface area contributed by atoms with Crippen LogP contribution in [0.2, 0.25) is 0 Å². The summed E-state index contributed by atoms with van der Waals surface area (Å²) >= 11 is 0. The van der Waals surface area contributed by atoms with Gasteiger partial charge in [0.15, 0.2) is 0 Å². The lowest BCUT2D eigenvalue weighted by Gasteiger charge is -2.55. The minimum absolute atomic E-state index is 0.0846. The second-order valence-corrected chi connectivity index (χ2v) is 8.77. The number of rotatable bonds is 0. The maximum atomic E-state index is 11.8. The minimum atomic E-state index is -3.11. The highest BCUT2D eigenvalue weighted by molar-refractivity contribution is 7.89. The molecule has 0 radical (unpaired) electrons. The van der Waals surface area contributed by atoms with Gasteiger partial charge in [0.2, 0.25) is 10.0 Å². The van der Waals surface area contributed by atoms with Gasteiger partial charge in [0, 0.05) is 5.54 Å². The molecule has 0 aromatic rings. The average molecular weight is 247 g/mol. The van der Waals surface area contributed by atoms with Gasteiger partial charge in [-0.15, -0.1) is 0 Å². The Hall–Kier alpha value is -0.0900. The molecule has 0 aromatic heterocycles. The van der Waals surface area contributed by atoms with Crippen molar-refractivity contribution in [2.75, 3.05) is 5.75 Å². The van der Waals surface area contributed by atoms with Gasteiger partial charge in [0.05, 0.1) is 5.75 Å². The Kier molecular flexibility index (Phi) is 3.23. The molecule has 4 heteroatoms. The van der Waals surface area contributed by atoms with Gasteiger partial charge in [-0.25, -0.2) is 13.1 Å². The summed E-state index contributed by atoms with van der Waals surface area (Å²) in [5.41, 5.74) is -0.519. The Morgan fingerprint density at radius 1 is 1.00 bits per heavy atom.